The molecule has 20 heavy (non-hydrogen) atoms. The Balaban J connectivity index is 1.83. The molecule has 0 unspecified atom stereocenters. The lowest BCUT2D eigenvalue weighted by molar-refractivity contribution is -0.151. The first-order valence-corrected chi connectivity index (χ1v) is 7.61. The number of carbonyl (C=O) groups excluding carboxylic acids is 2. The number of nitrogens with zero attached hydrogens (tertiary/aromatic N) is 2. The van der Waals surface area contributed by atoms with Crippen LogP contribution in [0.2, 0.25) is 0 Å². The van der Waals surface area contributed by atoms with E-state index in [1.54, 1.807) is 4.90 Å². The van der Waals surface area contributed by atoms with Crippen molar-refractivity contribution in [2.24, 2.45) is 0 Å². The van der Waals surface area contributed by atoms with Gasteiger partial charge in [0.05, 0.1) is 0 Å². The average molecular weight is 282 g/mol. The van der Waals surface area contributed by atoms with Crippen LogP contribution in [-0.2, 0) is 9.53 Å². The predicted molar refractivity (Wildman–Crippen MR) is 76.4 cm³/mol. The van der Waals surface area contributed by atoms with E-state index in [0.717, 1.165) is 19.3 Å². The largest absolute Gasteiger partial charge is 0.444 e. The lowest BCUT2D eigenvalue weighted by Crippen LogP contribution is -2.59. The summed E-state index contributed by atoms with van der Waals surface area (Å²) in [5.74, 6) is 0.271. The number of hydrogen-bond donors (Lipinski definition) is 0. The zero-order valence-electron chi connectivity index (χ0n) is 13.0. The Morgan fingerprint density at radius 1 is 1.30 bits per heavy atom. The minimum absolute atomic E-state index is 0.238. The van der Waals surface area contributed by atoms with Gasteiger partial charge in [0.2, 0.25) is 5.91 Å². The summed E-state index contributed by atoms with van der Waals surface area (Å²) in [6, 6.07) is 0.723. The molecule has 0 aromatic carbocycles. The number of hydrogen-bond acceptors (Lipinski definition) is 3. The second-order valence-electron chi connectivity index (χ2n) is 6.77. The number of rotatable bonds is 2. The fraction of sp³-hybridized carbons (Fsp3) is 0.867. The first kappa shape index (κ1) is 15.1. The van der Waals surface area contributed by atoms with Gasteiger partial charge in [-0.2, -0.15) is 0 Å². The SMILES string of the molecule is CC[C@H]1CC(=O)N1C1CCN(C(=O)OC(C)(C)C)CC1. The number of β-lactam (4-membered cyclic amide) rings is 1. The van der Waals surface area contributed by atoms with E-state index in [9.17, 15) is 9.59 Å². The quantitative estimate of drug-likeness (QED) is 0.731. The van der Waals surface area contributed by atoms with Gasteiger partial charge in [-0.05, 0) is 40.0 Å². The molecule has 0 N–H and O–H groups in total. The van der Waals surface area contributed by atoms with E-state index in [1.165, 1.54) is 0 Å². The van der Waals surface area contributed by atoms with Crippen molar-refractivity contribution in [3.05, 3.63) is 0 Å². The normalized spacial score (nSPS) is 24.6. The van der Waals surface area contributed by atoms with E-state index >= 15 is 0 Å². The van der Waals surface area contributed by atoms with Crippen LogP contribution in [0.15, 0.2) is 0 Å². The van der Waals surface area contributed by atoms with Crippen molar-refractivity contribution in [2.45, 2.75) is 71.1 Å². The molecule has 0 saturated carbocycles. The Morgan fingerprint density at radius 2 is 1.90 bits per heavy atom. The molecule has 2 rings (SSSR count). The molecule has 2 amide bonds. The van der Waals surface area contributed by atoms with Gasteiger partial charge >= 0.3 is 6.09 Å². The maximum absolute atomic E-state index is 12.0. The molecule has 5 heteroatoms. The lowest BCUT2D eigenvalue weighted by Gasteiger charge is -2.48. The summed E-state index contributed by atoms with van der Waals surface area (Å²) in [6.45, 7) is 9.12. The first-order valence-electron chi connectivity index (χ1n) is 7.61. The second kappa shape index (κ2) is 5.62. The molecule has 2 saturated heterocycles. The van der Waals surface area contributed by atoms with Crippen LogP contribution in [0, 0.1) is 0 Å². The maximum atomic E-state index is 12.0. The Morgan fingerprint density at radius 3 is 2.35 bits per heavy atom. The Hall–Kier alpha value is -1.26. The monoisotopic (exact) mass is 282 g/mol. The minimum Gasteiger partial charge on any atom is -0.444 e. The topological polar surface area (TPSA) is 49.9 Å². The molecule has 1 atom stereocenters. The van der Waals surface area contributed by atoms with Crippen molar-refractivity contribution < 1.29 is 14.3 Å². The second-order valence-corrected chi connectivity index (χ2v) is 6.77. The van der Waals surface area contributed by atoms with E-state index in [2.05, 4.69) is 6.92 Å². The number of likely N-dealkylation sites (tertiary alicyclic amines) is 2. The van der Waals surface area contributed by atoms with Crippen LogP contribution < -0.4 is 0 Å². The summed E-state index contributed by atoms with van der Waals surface area (Å²) in [7, 11) is 0. The summed E-state index contributed by atoms with van der Waals surface area (Å²) in [6.07, 6.45) is 3.21. The molecule has 2 fully saturated rings. The third-order valence-corrected chi connectivity index (χ3v) is 4.07. The highest BCUT2D eigenvalue weighted by molar-refractivity contribution is 5.83. The Bertz CT molecular complexity index is 381. The molecule has 0 bridgehead atoms. The van der Waals surface area contributed by atoms with Gasteiger partial charge in [0.1, 0.15) is 5.60 Å². The fourth-order valence-electron chi connectivity index (χ4n) is 2.99. The van der Waals surface area contributed by atoms with Crippen LogP contribution in [0.5, 0.6) is 0 Å². The van der Waals surface area contributed by atoms with Crippen molar-refractivity contribution in [1.29, 1.82) is 0 Å². The highest BCUT2D eigenvalue weighted by Crippen LogP contribution is 2.30. The van der Waals surface area contributed by atoms with Gasteiger partial charge in [-0.15, -0.1) is 0 Å². The molecule has 0 radical (unpaired) electrons. The molecule has 2 aliphatic rings. The number of amides is 2. The van der Waals surface area contributed by atoms with Crippen molar-refractivity contribution in [3.8, 4) is 0 Å². The molecular weight excluding hydrogens is 256 g/mol. The molecule has 0 aliphatic carbocycles. The molecule has 2 heterocycles. The van der Waals surface area contributed by atoms with E-state index in [1.807, 2.05) is 25.7 Å². The van der Waals surface area contributed by atoms with Crippen LogP contribution >= 0.6 is 0 Å². The van der Waals surface area contributed by atoms with Crippen molar-refractivity contribution in [1.82, 2.24) is 9.80 Å². The molecule has 0 aromatic rings. The smallest absolute Gasteiger partial charge is 0.410 e. The summed E-state index contributed by atoms with van der Waals surface area (Å²) in [5.41, 5.74) is -0.450. The van der Waals surface area contributed by atoms with E-state index in [-0.39, 0.29) is 12.0 Å². The summed E-state index contributed by atoms with van der Waals surface area (Å²) < 4.78 is 5.38. The van der Waals surface area contributed by atoms with Crippen molar-refractivity contribution >= 4 is 12.0 Å². The zero-order valence-corrected chi connectivity index (χ0v) is 13.0. The van der Waals surface area contributed by atoms with Gasteiger partial charge in [-0.1, -0.05) is 6.92 Å². The molecular formula is C15H26N2O3. The maximum Gasteiger partial charge on any atom is 0.410 e. The molecule has 0 spiro atoms. The van der Waals surface area contributed by atoms with Gasteiger partial charge in [0.25, 0.3) is 0 Å². The predicted octanol–water partition coefficient (Wildman–Crippen LogP) is 2.40. The van der Waals surface area contributed by atoms with Crippen molar-refractivity contribution in [2.75, 3.05) is 13.1 Å². The molecule has 5 nitrogen and oxygen atoms in total. The highest BCUT2D eigenvalue weighted by atomic mass is 16.6. The van der Waals surface area contributed by atoms with Crippen molar-refractivity contribution in [3.63, 3.8) is 0 Å². The standard InChI is InChI=1S/C15H26N2O3/c1-5-11-10-13(18)17(11)12-6-8-16(9-7-12)14(19)20-15(2,3)4/h11-12H,5-10H2,1-4H3/t11-/m0/s1. The highest BCUT2D eigenvalue weighted by Gasteiger charge is 2.41. The molecule has 0 aromatic heterocycles. The van der Waals surface area contributed by atoms with Gasteiger partial charge in [-0.3, -0.25) is 4.79 Å². The van der Waals surface area contributed by atoms with Crippen LogP contribution in [0.4, 0.5) is 4.79 Å². The summed E-state index contributed by atoms with van der Waals surface area (Å²) in [5, 5.41) is 0. The van der Waals surface area contributed by atoms with E-state index in [0.29, 0.717) is 31.6 Å². The summed E-state index contributed by atoms with van der Waals surface area (Å²) >= 11 is 0. The van der Waals surface area contributed by atoms with Crippen LogP contribution in [-0.4, -0.2) is 52.6 Å². The van der Waals surface area contributed by atoms with E-state index in [4.69, 9.17) is 4.74 Å². The molecule has 2 aliphatic heterocycles. The van der Waals surface area contributed by atoms with Gasteiger partial charge in [-0.25, -0.2) is 4.79 Å². The Kier molecular flexibility index (Phi) is 4.25. The lowest BCUT2D eigenvalue weighted by atomic mass is 9.92. The van der Waals surface area contributed by atoms with E-state index < -0.39 is 5.60 Å². The number of carbonyl (C=O) groups is 2. The van der Waals surface area contributed by atoms with Gasteiger partial charge in [0, 0.05) is 31.6 Å². The summed E-state index contributed by atoms with van der Waals surface area (Å²) in [4.78, 5) is 27.5. The zero-order chi connectivity index (χ0) is 14.9. The van der Waals surface area contributed by atoms with Gasteiger partial charge in [0.15, 0.2) is 0 Å². The number of piperidine rings is 1. The third-order valence-electron chi connectivity index (χ3n) is 4.07. The van der Waals surface area contributed by atoms with Crippen LogP contribution in [0.25, 0.3) is 0 Å². The Labute approximate surface area is 121 Å². The van der Waals surface area contributed by atoms with Crippen LogP contribution in [0.3, 0.4) is 0 Å². The first-order chi connectivity index (χ1) is 9.31. The third kappa shape index (κ3) is 3.25. The molecule has 114 valence electrons. The minimum atomic E-state index is -0.450. The van der Waals surface area contributed by atoms with Crippen LogP contribution in [0.1, 0.15) is 53.4 Å². The van der Waals surface area contributed by atoms with Gasteiger partial charge < -0.3 is 14.5 Å². The average Bonchev–Trinajstić information content (AvgIpc) is 2.34. The fourth-order valence-corrected chi connectivity index (χ4v) is 2.99. The number of ether oxygens (including phenoxy) is 1.